The molecule has 1 aromatic carbocycles. The maximum atomic E-state index is 12.7. The molecule has 1 aromatic heterocycles. The zero-order chi connectivity index (χ0) is 16.8. The Morgan fingerprint density at radius 2 is 1.79 bits per heavy atom. The molecule has 124 valence electrons. The fourth-order valence-corrected chi connectivity index (χ4v) is 3.55. The average molecular weight is 321 g/mol. The van der Waals surface area contributed by atoms with Gasteiger partial charge in [-0.2, -0.15) is 0 Å². The van der Waals surface area contributed by atoms with E-state index in [-0.39, 0.29) is 5.91 Å². The highest BCUT2D eigenvalue weighted by Gasteiger charge is 2.52. The van der Waals surface area contributed by atoms with E-state index in [9.17, 15) is 4.79 Å². The Bertz CT molecular complexity index is 740. The highest BCUT2D eigenvalue weighted by molar-refractivity contribution is 6.01. The van der Waals surface area contributed by atoms with Crippen molar-refractivity contribution in [3.05, 3.63) is 54.4 Å². The van der Waals surface area contributed by atoms with Gasteiger partial charge in [0.25, 0.3) is 0 Å². The van der Waals surface area contributed by atoms with Gasteiger partial charge in [-0.3, -0.25) is 9.78 Å². The van der Waals surface area contributed by atoms with Crippen molar-refractivity contribution < 1.29 is 4.79 Å². The van der Waals surface area contributed by atoms with Crippen LogP contribution in [0.2, 0.25) is 0 Å². The third-order valence-corrected chi connectivity index (χ3v) is 5.07. The molecule has 0 unspecified atom stereocenters. The molecule has 0 radical (unpaired) electrons. The van der Waals surface area contributed by atoms with Crippen LogP contribution in [0.4, 0.5) is 11.4 Å². The van der Waals surface area contributed by atoms with Crippen molar-refractivity contribution >= 4 is 17.3 Å². The van der Waals surface area contributed by atoms with Gasteiger partial charge in [0.2, 0.25) is 5.91 Å². The summed E-state index contributed by atoms with van der Waals surface area (Å²) in [4.78, 5) is 19.4. The molecule has 0 atom stereocenters. The van der Waals surface area contributed by atoms with Crippen LogP contribution in [0.1, 0.15) is 32.4 Å². The predicted molar refractivity (Wildman–Crippen MR) is 96.2 cm³/mol. The summed E-state index contributed by atoms with van der Waals surface area (Å²) in [6.45, 7) is 6.73. The molecule has 4 nitrogen and oxygen atoms in total. The minimum atomic E-state index is -0.429. The second-order valence-electron chi connectivity index (χ2n) is 7.82. The molecule has 1 amide bonds. The van der Waals surface area contributed by atoms with E-state index < -0.39 is 5.41 Å². The maximum Gasteiger partial charge on any atom is 0.236 e. The van der Waals surface area contributed by atoms with Crippen LogP contribution in [0, 0.1) is 5.41 Å². The molecule has 2 fully saturated rings. The number of nitrogens with zero attached hydrogens (tertiary/aromatic N) is 2. The third kappa shape index (κ3) is 2.66. The van der Waals surface area contributed by atoms with Gasteiger partial charge in [0, 0.05) is 30.7 Å². The fraction of sp³-hybridized carbons (Fsp3) is 0.400. The average Bonchev–Trinajstić information content (AvgIpc) is 3.36. The normalized spacial score (nSPS) is 20.2. The van der Waals surface area contributed by atoms with Gasteiger partial charge >= 0.3 is 0 Å². The Balaban J connectivity index is 1.43. The third-order valence-electron chi connectivity index (χ3n) is 5.07. The van der Waals surface area contributed by atoms with Crippen molar-refractivity contribution in [1.82, 2.24) is 4.98 Å². The van der Waals surface area contributed by atoms with Gasteiger partial charge in [0.05, 0.1) is 11.1 Å². The van der Waals surface area contributed by atoms with E-state index in [0.717, 1.165) is 37.3 Å². The molecule has 0 bridgehead atoms. The lowest BCUT2D eigenvalue weighted by molar-refractivity contribution is -0.118. The molecule has 2 heterocycles. The number of rotatable bonds is 4. The van der Waals surface area contributed by atoms with Crippen LogP contribution in [0.25, 0.3) is 0 Å². The Morgan fingerprint density at radius 3 is 2.33 bits per heavy atom. The number of anilines is 2. The van der Waals surface area contributed by atoms with E-state index in [1.54, 1.807) is 6.20 Å². The fourth-order valence-electron chi connectivity index (χ4n) is 3.55. The monoisotopic (exact) mass is 321 g/mol. The molecule has 2 aromatic rings. The van der Waals surface area contributed by atoms with Crippen LogP contribution in [-0.2, 0) is 10.2 Å². The predicted octanol–water partition coefficient (Wildman–Crippen LogP) is 3.60. The quantitative estimate of drug-likeness (QED) is 0.936. The topological polar surface area (TPSA) is 45.2 Å². The van der Waals surface area contributed by atoms with E-state index in [1.807, 2.05) is 30.3 Å². The van der Waals surface area contributed by atoms with Crippen LogP contribution in [0.15, 0.2) is 48.7 Å². The van der Waals surface area contributed by atoms with E-state index in [2.05, 4.69) is 41.2 Å². The largest absolute Gasteiger partial charge is 0.370 e. The minimum absolute atomic E-state index is 0.0547. The van der Waals surface area contributed by atoms with Crippen LogP contribution in [-0.4, -0.2) is 24.0 Å². The van der Waals surface area contributed by atoms with Crippen molar-refractivity contribution in [3.63, 3.8) is 0 Å². The lowest BCUT2D eigenvalue weighted by Crippen LogP contribution is -2.53. The lowest BCUT2D eigenvalue weighted by Gasteiger charge is -2.47. The van der Waals surface area contributed by atoms with Crippen LogP contribution >= 0.6 is 0 Å². The van der Waals surface area contributed by atoms with Gasteiger partial charge in [-0.25, -0.2) is 0 Å². The molecule has 1 saturated carbocycles. The van der Waals surface area contributed by atoms with E-state index in [4.69, 9.17) is 0 Å². The molecule has 0 spiro atoms. The van der Waals surface area contributed by atoms with Crippen molar-refractivity contribution in [2.45, 2.75) is 32.1 Å². The van der Waals surface area contributed by atoms with Crippen LogP contribution < -0.4 is 10.2 Å². The number of nitrogens with one attached hydrogen (secondary N) is 1. The minimum Gasteiger partial charge on any atom is -0.370 e. The van der Waals surface area contributed by atoms with E-state index in [1.165, 1.54) is 5.69 Å². The highest BCUT2D eigenvalue weighted by atomic mass is 16.2. The summed E-state index contributed by atoms with van der Waals surface area (Å²) in [5, 5.41) is 3.06. The smallest absolute Gasteiger partial charge is 0.236 e. The molecule has 4 rings (SSSR count). The van der Waals surface area contributed by atoms with Gasteiger partial charge in [-0.05, 0) is 54.7 Å². The molecule has 1 aliphatic heterocycles. The molecule has 4 heteroatoms. The summed E-state index contributed by atoms with van der Waals surface area (Å²) in [5.41, 5.74) is 2.93. The van der Waals surface area contributed by atoms with Crippen molar-refractivity contribution in [3.8, 4) is 0 Å². The van der Waals surface area contributed by atoms with Gasteiger partial charge in [0.15, 0.2) is 0 Å². The first kappa shape index (κ1) is 15.2. The number of hydrogen-bond acceptors (Lipinski definition) is 3. The maximum absolute atomic E-state index is 12.7. The van der Waals surface area contributed by atoms with Crippen molar-refractivity contribution in [1.29, 1.82) is 0 Å². The van der Waals surface area contributed by atoms with Crippen molar-refractivity contribution in [2.24, 2.45) is 5.41 Å². The number of pyridine rings is 1. The van der Waals surface area contributed by atoms with Crippen molar-refractivity contribution in [2.75, 3.05) is 23.3 Å². The number of amides is 1. The van der Waals surface area contributed by atoms with Gasteiger partial charge in [0.1, 0.15) is 0 Å². The van der Waals surface area contributed by atoms with E-state index >= 15 is 0 Å². The summed E-state index contributed by atoms with van der Waals surface area (Å²) in [7, 11) is 0. The summed E-state index contributed by atoms with van der Waals surface area (Å²) in [5.74, 6) is 0.0547. The summed E-state index contributed by atoms with van der Waals surface area (Å²) >= 11 is 0. The molecule has 1 saturated heterocycles. The molecular weight excluding hydrogens is 298 g/mol. The standard InChI is InChI=1S/C20H23N3O/c1-19(2)13-23(14-19)16-8-6-15(7-9-16)22-18(24)20(10-11-20)17-5-3-4-12-21-17/h3-9,12H,10-11,13-14H2,1-2H3,(H,22,24). The Labute approximate surface area is 142 Å². The first-order valence-corrected chi connectivity index (χ1v) is 8.57. The second-order valence-corrected chi connectivity index (χ2v) is 7.82. The molecule has 1 N–H and O–H groups in total. The molecular formula is C20H23N3O. The molecule has 2 aliphatic rings. The number of aromatic nitrogens is 1. The molecule has 1 aliphatic carbocycles. The Morgan fingerprint density at radius 1 is 1.08 bits per heavy atom. The number of carbonyl (C=O) groups is 1. The van der Waals surface area contributed by atoms with E-state index in [0.29, 0.717) is 5.41 Å². The summed E-state index contributed by atoms with van der Waals surface area (Å²) in [6.07, 6.45) is 3.50. The number of hydrogen-bond donors (Lipinski definition) is 1. The Kier molecular flexibility index (Phi) is 3.37. The summed E-state index contributed by atoms with van der Waals surface area (Å²) in [6, 6.07) is 13.9. The highest BCUT2D eigenvalue weighted by Crippen LogP contribution is 2.48. The second kappa shape index (κ2) is 5.33. The zero-order valence-electron chi connectivity index (χ0n) is 14.2. The van der Waals surface area contributed by atoms with Gasteiger partial charge < -0.3 is 10.2 Å². The number of carbonyl (C=O) groups excluding carboxylic acids is 1. The van der Waals surface area contributed by atoms with Crippen LogP contribution in [0.3, 0.4) is 0 Å². The van der Waals surface area contributed by atoms with Crippen LogP contribution in [0.5, 0.6) is 0 Å². The van der Waals surface area contributed by atoms with Gasteiger partial charge in [-0.1, -0.05) is 19.9 Å². The Hall–Kier alpha value is -2.36. The first-order chi connectivity index (χ1) is 11.5. The van der Waals surface area contributed by atoms with Gasteiger partial charge in [-0.15, -0.1) is 0 Å². The SMILES string of the molecule is CC1(C)CN(c2ccc(NC(=O)C3(c4ccccn4)CC3)cc2)C1. The first-order valence-electron chi connectivity index (χ1n) is 8.57. The lowest BCUT2D eigenvalue weighted by atomic mass is 9.84. The zero-order valence-corrected chi connectivity index (χ0v) is 14.2. The number of benzene rings is 1. The summed E-state index contributed by atoms with van der Waals surface area (Å²) < 4.78 is 0. The molecule has 24 heavy (non-hydrogen) atoms.